The van der Waals surface area contributed by atoms with Crippen LogP contribution in [0.3, 0.4) is 0 Å². The number of urea groups is 1. The molecule has 0 saturated heterocycles. The minimum Gasteiger partial charge on any atom is -0.361 e. The lowest BCUT2D eigenvalue weighted by atomic mass is 9.91. The van der Waals surface area contributed by atoms with Crippen LogP contribution in [0.5, 0.6) is 0 Å². The first-order valence-corrected chi connectivity index (χ1v) is 8.78. The molecule has 1 heterocycles. The number of amides is 2. The maximum absolute atomic E-state index is 12.1. The molecule has 0 aliphatic rings. The van der Waals surface area contributed by atoms with Gasteiger partial charge in [-0.2, -0.15) is 0 Å². The van der Waals surface area contributed by atoms with Gasteiger partial charge in [0.25, 0.3) is 0 Å². The molecule has 0 spiro atoms. The number of carbonyl (C=O) groups is 1. The van der Waals surface area contributed by atoms with Crippen molar-refractivity contribution in [2.45, 2.75) is 19.8 Å². The van der Waals surface area contributed by atoms with Crippen molar-refractivity contribution in [1.82, 2.24) is 15.6 Å². The molecule has 0 aliphatic heterocycles. The number of hydrogen-bond acceptors (Lipinski definition) is 1. The van der Waals surface area contributed by atoms with E-state index in [-0.39, 0.29) is 11.9 Å². The highest BCUT2D eigenvalue weighted by molar-refractivity contribution is 5.84. The van der Waals surface area contributed by atoms with E-state index in [0.29, 0.717) is 19.0 Å². The summed E-state index contributed by atoms with van der Waals surface area (Å²) in [4.78, 5) is 15.4. The first kappa shape index (κ1) is 17.1. The van der Waals surface area contributed by atoms with E-state index in [0.717, 1.165) is 5.52 Å². The summed E-state index contributed by atoms with van der Waals surface area (Å²) in [6, 6.07) is 18.5. The molecule has 25 heavy (non-hydrogen) atoms. The van der Waals surface area contributed by atoms with Crippen molar-refractivity contribution in [1.29, 1.82) is 0 Å². The van der Waals surface area contributed by atoms with Gasteiger partial charge in [-0.05, 0) is 23.1 Å². The zero-order valence-corrected chi connectivity index (χ0v) is 14.8. The van der Waals surface area contributed by atoms with Crippen molar-refractivity contribution in [2.24, 2.45) is 5.92 Å². The summed E-state index contributed by atoms with van der Waals surface area (Å²) in [5.41, 5.74) is 3.50. The van der Waals surface area contributed by atoms with E-state index in [9.17, 15) is 4.79 Å². The molecule has 130 valence electrons. The normalized spacial score (nSPS) is 12.3. The summed E-state index contributed by atoms with van der Waals surface area (Å²) in [7, 11) is 0. The van der Waals surface area contributed by atoms with Gasteiger partial charge in [0, 0.05) is 36.1 Å². The fourth-order valence-corrected chi connectivity index (χ4v) is 3.03. The lowest BCUT2D eigenvalue weighted by Crippen LogP contribution is -2.39. The van der Waals surface area contributed by atoms with Crippen LogP contribution in [0.1, 0.15) is 30.9 Å². The molecule has 3 aromatic rings. The molecule has 3 rings (SSSR count). The van der Waals surface area contributed by atoms with Gasteiger partial charge >= 0.3 is 6.03 Å². The molecule has 0 fully saturated rings. The largest absolute Gasteiger partial charge is 0.361 e. The lowest BCUT2D eigenvalue weighted by Gasteiger charge is -2.19. The molecule has 0 bridgehead atoms. The Morgan fingerprint density at radius 1 is 0.960 bits per heavy atom. The van der Waals surface area contributed by atoms with Crippen molar-refractivity contribution in [3.63, 3.8) is 0 Å². The molecular formula is C21H25N3O. The zero-order chi connectivity index (χ0) is 17.6. The Hall–Kier alpha value is -2.75. The number of fused-ring (bicyclic) bond motifs is 1. The van der Waals surface area contributed by atoms with Crippen LogP contribution in [-0.2, 0) is 0 Å². The summed E-state index contributed by atoms with van der Waals surface area (Å²) in [5.74, 6) is 0.534. The summed E-state index contributed by atoms with van der Waals surface area (Å²) < 4.78 is 0. The van der Waals surface area contributed by atoms with Gasteiger partial charge in [0.15, 0.2) is 0 Å². The molecule has 0 radical (unpaired) electrons. The molecule has 2 amide bonds. The predicted molar refractivity (Wildman–Crippen MR) is 103 cm³/mol. The van der Waals surface area contributed by atoms with Crippen molar-refractivity contribution in [2.75, 3.05) is 13.1 Å². The quantitative estimate of drug-likeness (QED) is 0.619. The minimum atomic E-state index is -0.116. The SMILES string of the molecule is CC(C)CNC(=O)NC[C@H](c1ccccc1)c1c[nH]c2ccccc12. The number of aromatic amines is 1. The van der Waals surface area contributed by atoms with Gasteiger partial charge in [-0.15, -0.1) is 0 Å². The van der Waals surface area contributed by atoms with Crippen LogP contribution < -0.4 is 10.6 Å². The number of carbonyl (C=O) groups excluding carboxylic acids is 1. The van der Waals surface area contributed by atoms with Crippen molar-refractivity contribution in [3.05, 3.63) is 71.9 Å². The molecule has 4 nitrogen and oxygen atoms in total. The highest BCUT2D eigenvalue weighted by Crippen LogP contribution is 2.30. The van der Waals surface area contributed by atoms with Crippen LogP contribution in [0.2, 0.25) is 0 Å². The molecule has 0 unspecified atom stereocenters. The van der Waals surface area contributed by atoms with E-state index in [2.05, 4.69) is 59.9 Å². The highest BCUT2D eigenvalue weighted by atomic mass is 16.2. The van der Waals surface area contributed by atoms with E-state index >= 15 is 0 Å². The molecule has 1 aromatic heterocycles. The van der Waals surface area contributed by atoms with Crippen LogP contribution in [0.4, 0.5) is 4.79 Å². The van der Waals surface area contributed by atoms with Crippen molar-refractivity contribution >= 4 is 16.9 Å². The van der Waals surface area contributed by atoms with Gasteiger partial charge in [0.1, 0.15) is 0 Å². The van der Waals surface area contributed by atoms with Gasteiger partial charge < -0.3 is 15.6 Å². The van der Waals surface area contributed by atoms with Gasteiger partial charge in [-0.25, -0.2) is 4.79 Å². The Bertz CT molecular complexity index is 823. The third kappa shape index (κ3) is 4.21. The van der Waals surface area contributed by atoms with Crippen molar-refractivity contribution in [3.8, 4) is 0 Å². The number of rotatable bonds is 6. The van der Waals surface area contributed by atoms with Gasteiger partial charge in [0.2, 0.25) is 0 Å². The number of benzene rings is 2. The van der Waals surface area contributed by atoms with Crippen LogP contribution in [0, 0.1) is 5.92 Å². The second-order valence-corrected chi connectivity index (χ2v) is 6.74. The van der Waals surface area contributed by atoms with E-state index in [4.69, 9.17) is 0 Å². The zero-order valence-electron chi connectivity index (χ0n) is 14.8. The maximum Gasteiger partial charge on any atom is 0.314 e. The molecule has 1 atom stereocenters. The fourth-order valence-electron chi connectivity index (χ4n) is 3.03. The van der Waals surface area contributed by atoms with Crippen LogP contribution in [0.15, 0.2) is 60.8 Å². The summed E-state index contributed by atoms with van der Waals surface area (Å²) >= 11 is 0. The fraction of sp³-hybridized carbons (Fsp3) is 0.286. The average molecular weight is 335 g/mol. The first-order valence-electron chi connectivity index (χ1n) is 8.78. The Labute approximate surface area is 148 Å². The third-order valence-electron chi connectivity index (χ3n) is 4.34. The average Bonchev–Trinajstić information content (AvgIpc) is 3.05. The molecule has 2 aromatic carbocycles. The second kappa shape index (κ2) is 7.88. The Balaban J connectivity index is 1.83. The van der Waals surface area contributed by atoms with Gasteiger partial charge in [-0.1, -0.05) is 62.4 Å². The Morgan fingerprint density at radius 2 is 1.64 bits per heavy atom. The van der Waals surface area contributed by atoms with Gasteiger partial charge in [-0.3, -0.25) is 0 Å². The third-order valence-corrected chi connectivity index (χ3v) is 4.34. The van der Waals surface area contributed by atoms with E-state index < -0.39 is 0 Å². The number of nitrogens with one attached hydrogen (secondary N) is 3. The summed E-state index contributed by atoms with van der Waals surface area (Å²) in [6.07, 6.45) is 2.05. The summed E-state index contributed by atoms with van der Waals surface area (Å²) in [6.45, 7) is 5.39. The standard InChI is InChI=1S/C21H25N3O/c1-15(2)12-23-21(25)24-13-18(16-8-4-3-5-9-16)19-14-22-20-11-7-6-10-17(19)20/h3-11,14-15,18,22H,12-13H2,1-2H3,(H2,23,24,25)/t18-/m1/s1. The Morgan fingerprint density at radius 3 is 2.40 bits per heavy atom. The molecular weight excluding hydrogens is 310 g/mol. The van der Waals surface area contributed by atoms with Crippen molar-refractivity contribution < 1.29 is 4.79 Å². The maximum atomic E-state index is 12.1. The number of para-hydroxylation sites is 1. The van der Waals surface area contributed by atoms with E-state index in [1.807, 2.05) is 30.3 Å². The topological polar surface area (TPSA) is 56.9 Å². The molecule has 3 N–H and O–H groups in total. The molecule has 0 saturated carbocycles. The number of H-pyrrole nitrogens is 1. The highest BCUT2D eigenvalue weighted by Gasteiger charge is 2.18. The number of hydrogen-bond donors (Lipinski definition) is 3. The number of aromatic nitrogens is 1. The predicted octanol–water partition coefficient (Wildman–Crippen LogP) is 4.26. The molecule has 4 heteroatoms. The van der Waals surface area contributed by atoms with Crippen LogP contribution in [0.25, 0.3) is 10.9 Å². The first-order chi connectivity index (χ1) is 12.1. The lowest BCUT2D eigenvalue weighted by molar-refractivity contribution is 0.239. The van der Waals surface area contributed by atoms with E-state index in [1.165, 1.54) is 16.5 Å². The summed E-state index contributed by atoms with van der Waals surface area (Å²) in [5, 5.41) is 7.13. The van der Waals surface area contributed by atoms with Crippen LogP contribution in [-0.4, -0.2) is 24.1 Å². The van der Waals surface area contributed by atoms with Crippen LogP contribution >= 0.6 is 0 Å². The monoisotopic (exact) mass is 335 g/mol. The van der Waals surface area contributed by atoms with Gasteiger partial charge in [0.05, 0.1) is 0 Å². The minimum absolute atomic E-state index is 0.0992. The Kier molecular flexibility index (Phi) is 5.39. The smallest absolute Gasteiger partial charge is 0.314 e. The second-order valence-electron chi connectivity index (χ2n) is 6.74. The molecule has 0 aliphatic carbocycles. The van der Waals surface area contributed by atoms with E-state index in [1.54, 1.807) is 0 Å².